The molecule has 0 bridgehead atoms. The fraction of sp³-hybridized carbons (Fsp3) is 0.333. The van der Waals surface area contributed by atoms with Crippen LogP contribution in [0.15, 0.2) is 54.6 Å². The first-order valence-electron chi connectivity index (χ1n) is 9.10. The highest BCUT2D eigenvalue weighted by molar-refractivity contribution is 5.94. The molecular formula is C21H25N3O2. The van der Waals surface area contributed by atoms with Gasteiger partial charge >= 0.3 is 0 Å². The van der Waals surface area contributed by atoms with Gasteiger partial charge in [-0.05, 0) is 49.1 Å². The normalized spacial score (nSPS) is 14.8. The molecule has 3 N–H and O–H groups in total. The van der Waals surface area contributed by atoms with Crippen molar-refractivity contribution < 1.29 is 9.59 Å². The fourth-order valence-electron chi connectivity index (χ4n) is 3.23. The summed E-state index contributed by atoms with van der Waals surface area (Å²) < 4.78 is 0. The fourth-order valence-corrected chi connectivity index (χ4v) is 3.23. The molecule has 1 fully saturated rings. The molecule has 26 heavy (non-hydrogen) atoms. The second-order valence-corrected chi connectivity index (χ2v) is 6.74. The maximum absolute atomic E-state index is 12.4. The number of anilines is 1. The molecule has 1 heterocycles. The number of hydrogen-bond donors (Lipinski definition) is 2. The van der Waals surface area contributed by atoms with Crippen molar-refractivity contribution in [2.24, 2.45) is 0 Å². The van der Waals surface area contributed by atoms with E-state index in [1.807, 2.05) is 35.2 Å². The van der Waals surface area contributed by atoms with E-state index in [0.29, 0.717) is 30.8 Å². The lowest BCUT2D eigenvalue weighted by Crippen LogP contribution is -2.46. The Morgan fingerprint density at radius 2 is 1.65 bits per heavy atom. The van der Waals surface area contributed by atoms with Crippen LogP contribution in [0.1, 0.15) is 35.2 Å². The maximum atomic E-state index is 12.4. The number of piperidine rings is 1. The van der Waals surface area contributed by atoms with Gasteiger partial charge in [0.05, 0.1) is 0 Å². The molecule has 5 heteroatoms. The standard InChI is InChI=1S/C21H25N3O2/c22-18-9-7-17(8-10-18)21(26)23-19-12-14-24(15-13-19)20(25)11-6-16-4-2-1-3-5-16/h1-5,7-10,19H,6,11-15,22H2,(H,23,26). The van der Waals surface area contributed by atoms with Gasteiger partial charge in [-0.2, -0.15) is 0 Å². The Balaban J connectivity index is 1.42. The van der Waals surface area contributed by atoms with Crippen molar-refractivity contribution in [3.63, 3.8) is 0 Å². The molecule has 0 aliphatic carbocycles. The van der Waals surface area contributed by atoms with Crippen LogP contribution in [0, 0.1) is 0 Å². The van der Waals surface area contributed by atoms with Gasteiger partial charge < -0.3 is 16.0 Å². The van der Waals surface area contributed by atoms with Crippen LogP contribution in [-0.4, -0.2) is 35.8 Å². The maximum Gasteiger partial charge on any atom is 0.251 e. The zero-order chi connectivity index (χ0) is 18.4. The molecule has 136 valence electrons. The van der Waals surface area contributed by atoms with Crippen LogP contribution in [0.25, 0.3) is 0 Å². The molecule has 3 rings (SSSR count). The molecule has 2 aromatic rings. The van der Waals surface area contributed by atoms with Crippen molar-refractivity contribution in [1.29, 1.82) is 0 Å². The summed E-state index contributed by atoms with van der Waals surface area (Å²) in [6, 6.07) is 17.1. The molecule has 0 unspecified atom stereocenters. The van der Waals surface area contributed by atoms with Crippen molar-refractivity contribution >= 4 is 17.5 Å². The Morgan fingerprint density at radius 1 is 1.00 bits per heavy atom. The van der Waals surface area contributed by atoms with Crippen LogP contribution in [0.4, 0.5) is 5.69 Å². The number of hydrogen-bond acceptors (Lipinski definition) is 3. The topological polar surface area (TPSA) is 75.4 Å². The summed E-state index contributed by atoms with van der Waals surface area (Å²) in [6.45, 7) is 1.39. The average molecular weight is 351 g/mol. The van der Waals surface area contributed by atoms with Crippen molar-refractivity contribution in [2.45, 2.75) is 31.7 Å². The minimum Gasteiger partial charge on any atom is -0.399 e. The number of nitrogens with two attached hydrogens (primary N) is 1. The van der Waals surface area contributed by atoms with E-state index in [1.54, 1.807) is 24.3 Å². The Kier molecular flexibility index (Phi) is 5.89. The third kappa shape index (κ3) is 4.85. The molecule has 0 radical (unpaired) electrons. The predicted molar refractivity (Wildman–Crippen MR) is 103 cm³/mol. The van der Waals surface area contributed by atoms with E-state index in [9.17, 15) is 9.59 Å². The molecule has 1 aliphatic heterocycles. The molecule has 0 aromatic heterocycles. The van der Waals surface area contributed by atoms with Gasteiger partial charge in [0.1, 0.15) is 0 Å². The Labute approximate surface area is 154 Å². The van der Waals surface area contributed by atoms with E-state index in [0.717, 1.165) is 19.3 Å². The summed E-state index contributed by atoms with van der Waals surface area (Å²) in [5.74, 6) is 0.107. The van der Waals surface area contributed by atoms with Crippen LogP contribution < -0.4 is 11.1 Å². The van der Waals surface area contributed by atoms with Gasteiger partial charge in [-0.3, -0.25) is 9.59 Å². The number of likely N-dealkylation sites (tertiary alicyclic amines) is 1. The molecule has 0 atom stereocenters. The molecule has 0 spiro atoms. The van der Waals surface area contributed by atoms with Crippen LogP contribution in [-0.2, 0) is 11.2 Å². The van der Waals surface area contributed by atoms with Crippen molar-refractivity contribution in [3.8, 4) is 0 Å². The molecule has 1 aliphatic rings. The Hall–Kier alpha value is -2.82. The first-order chi connectivity index (χ1) is 12.6. The van der Waals surface area contributed by atoms with Gasteiger partial charge in [0.2, 0.25) is 5.91 Å². The van der Waals surface area contributed by atoms with Gasteiger partial charge in [-0.25, -0.2) is 0 Å². The first-order valence-corrected chi connectivity index (χ1v) is 9.10. The van der Waals surface area contributed by atoms with E-state index in [-0.39, 0.29) is 17.9 Å². The van der Waals surface area contributed by atoms with E-state index >= 15 is 0 Å². The smallest absolute Gasteiger partial charge is 0.251 e. The Bertz CT molecular complexity index is 736. The number of carbonyl (C=O) groups is 2. The van der Waals surface area contributed by atoms with Crippen molar-refractivity contribution in [2.75, 3.05) is 18.8 Å². The summed E-state index contributed by atoms with van der Waals surface area (Å²) in [4.78, 5) is 26.6. The second-order valence-electron chi connectivity index (χ2n) is 6.74. The van der Waals surface area contributed by atoms with Gasteiger partial charge in [0, 0.05) is 36.8 Å². The van der Waals surface area contributed by atoms with Crippen LogP contribution >= 0.6 is 0 Å². The number of carbonyl (C=O) groups excluding carboxylic acids is 2. The van der Waals surface area contributed by atoms with E-state index in [1.165, 1.54) is 5.56 Å². The third-order valence-corrected chi connectivity index (χ3v) is 4.83. The van der Waals surface area contributed by atoms with Gasteiger partial charge in [-0.15, -0.1) is 0 Å². The third-order valence-electron chi connectivity index (χ3n) is 4.83. The molecular weight excluding hydrogens is 326 g/mol. The number of rotatable bonds is 5. The number of nitrogen functional groups attached to an aromatic ring is 1. The Morgan fingerprint density at radius 3 is 2.31 bits per heavy atom. The minimum absolute atomic E-state index is 0.0844. The minimum atomic E-state index is -0.0844. The van der Waals surface area contributed by atoms with Crippen LogP contribution in [0.2, 0.25) is 0 Å². The van der Waals surface area contributed by atoms with Gasteiger partial charge in [0.15, 0.2) is 0 Å². The summed E-state index contributed by atoms with van der Waals surface area (Å²) in [6.07, 6.45) is 2.88. The summed E-state index contributed by atoms with van der Waals surface area (Å²) in [5.41, 5.74) is 8.09. The lowest BCUT2D eigenvalue weighted by molar-refractivity contribution is -0.132. The molecule has 5 nitrogen and oxygen atoms in total. The molecule has 1 saturated heterocycles. The van der Waals surface area contributed by atoms with Crippen molar-refractivity contribution in [3.05, 3.63) is 65.7 Å². The lowest BCUT2D eigenvalue weighted by Gasteiger charge is -2.32. The number of benzene rings is 2. The molecule has 0 saturated carbocycles. The van der Waals surface area contributed by atoms with E-state index in [4.69, 9.17) is 5.73 Å². The second kappa shape index (κ2) is 8.52. The van der Waals surface area contributed by atoms with Crippen molar-refractivity contribution in [1.82, 2.24) is 10.2 Å². The largest absolute Gasteiger partial charge is 0.399 e. The number of amides is 2. The lowest BCUT2D eigenvalue weighted by atomic mass is 10.0. The quantitative estimate of drug-likeness (QED) is 0.813. The van der Waals surface area contributed by atoms with Crippen LogP contribution in [0.5, 0.6) is 0 Å². The zero-order valence-corrected chi connectivity index (χ0v) is 14.9. The average Bonchev–Trinajstić information content (AvgIpc) is 2.68. The van der Waals surface area contributed by atoms with Gasteiger partial charge in [-0.1, -0.05) is 30.3 Å². The number of nitrogens with one attached hydrogen (secondary N) is 1. The van der Waals surface area contributed by atoms with E-state index in [2.05, 4.69) is 5.32 Å². The SMILES string of the molecule is Nc1ccc(C(=O)NC2CCN(C(=O)CCc3ccccc3)CC2)cc1. The highest BCUT2D eigenvalue weighted by atomic mass is 16.2. The summed E-state index contributed by atoms with van der Waals surface area (Å²) in [5, 5.41) is 3.05. The predicted octanol–water partition coefficient (Wildman–Crippen LogP) is 2.62. The van der Waals surface area contributed by atoms with Gasteiger partial charge in [0.25, 0.3) is 5.91 Å². The highest BCUT2D eigenvalue weighted by Gasteiger charge is 2.23. The highest BCUT2D eigenvalue weighted by Crippen LogP contribution is 2.14. The summed E-state index contributed by atoms with van der Waals surface area (Å²) in [7, 11) is 0. The monoisotopic (exact) mass is 351 g/mol. The number of nitrogens with zero attached hydrogens (tertiary/aromatic N) is 1. The summed E-state index contributed by atoms with van der Waals surface area (Å²) >= 11 is 0. The molecule has 2 amide bonds. The van der Waals surface area contributed by atoms with E-state index < -0.39 is 0 Å². The zero-order valence-electron chi connectivity index (χ0n) is 14.9. The van der Waals surface area contributed by atoms with Crippen LogP contribution in [0.3, 0.4) is 0 Å². The first kappa shape index (κ1) is 18.0. The molecule has 2 aromatic carbocycles. The number of aryl methyl sites for hydroxylation is 1.